The van der Waals surface area contributed by atoms with Gasteiger partial charge in [0.15, 0.2) is 4.67 Å². The highest BCUT2D eigenvalue weighted by atomic mass is 79.9. The number of hydrogen-bond donors (Lipinski definition) is 2. The van der Waals surface area contributed by atoms with Crippen molar-refractivity contribution in [3.63, 3.8) is 0 Å². The van der Waals surface area contributed by atoms with Crippen molar-refractivity contribution >= 4 is 31.6 Å². The number of sulfonamides is 1. The van der Waals surface area contributed by atoms with Crippen LogP contribution in [-0.2, 0) is 16.6 Å². The molecule has 3 N–H and O–H groups in total. The van der Waals surface area contributed by atoms with Crippen molar-refractivity contribution in [2.75, 3.05) is 4.72 Å². The number of furan rings is 1. The van der Waals surface area contributed by atoms with E-state index in [1.165, 1.54) is 31.2 Å². The van der Waals surface area contributed by atoms with Crippen LogP contribution in [0.25, 0.3) is 0 Å². The zero-order valence-electron chi connectivity index (χ0n) is 10.5. The summed E-state index contributed by atoms with van der Waals surface area (Å²) in [4.78, 5) is -0.0818. The van der Waals surface area contributed by atoms with Crippen molar-refractivity contribution in [3.05, 3.63) is 46.1 Å². The average molecular weight is 363 g/mol. The quantitative estimate of drug-likeness (QED) is 0.875. The molecule has 0 aliphatic carbocycles. The highest BCUT2D eigenvalue weighted by molar-refractivity contribution is 9.10. The standard InChI is InChI=1S/C12H12BrFN2O3S/c1-7-9(14)3-2-4-10(7)16-20(17,18)11-5-8(6-15)19-12(11)13/h2-5,16H,6,15H2,1H3. The smallest absolute Gasteiger partial charge is 0.266 e. The van der Waals surface area contributed by atoms with E-state index in [1.807, 2.05) is 0 Å². The van der Waals surface area contributed by atoms with Gasteiger partial charge in [-0.3, -0.25) is 4.72 Å². The summed E-state index contributed by atoms with van der Waals surface area (Å²) in [5.41, 5.74) is 5.78. The molecule has 108 valence electrons. The van der Waals surface area contributed by atoms with E-state index in [0.29, 0.717) is 5.76 Å². The molecule has 0 radical (unpaired) electrons. The Morgan fingerprint density at radius 2 is 2.15 bits per heavy atom. The number of rotatable bonds is 4. The lowest BCUT2D eigenvalue weighted by atomic mass is 10.2. The van der Waals surface area contributed by atoms with E-state index in [1.54, 1.807) is 0 Å². The van der Waals surface area contributed by atoms with Crippen LogP contribution < -0.4 is 10.5 Å². The molecule has 0 amide bonds. The van der Waals surface area contributed by atoms with Crippen LogP contribution in [0.5, 0.6) is 0 Å². The molecule has 2 rings (SSSR count). The summed E-state index contributed by atoms with van der Waals surface area (Å²) in [6, 6.07) is 5.48. The molecule has 20 heavy (non-hydrogen) atoms. The Morgan fingerprint density at radius 1 is 1.45 bits per heavy atom. The van der Waals surface area contributed by atoms with Crippen molar-refractivity contribution in [2.45, 2.75) is 18.4 Å². The van der Waals surface area contributed by atoms with E-state index in [0.717, 1.165) is 0 Å². The Kier molecular flexibility index (Phi) is 4.17. The molecule has 0 fully saturated rings. The normalized spacial score (nSPS) is 11.6. The second-order valence-electron chi connectivity index (χ2n) is 4.07. The Balaban J connectivity index is 2.40. The zero-order valence-corrected chi connectivity index (χ0v) is 12.9. The van der Waals surface area contributed by atoms with Crippen LogP contribution in [0, 0.1) is 12.7 Å². The van der Waals surface area contributed by atoms with Crippen molar-refractivity contribution in [1.82, 2.24) is 0 Å². The summed E-state index contributed by atoms with van der Waals surface area (Å²) in [5.74, 6) is -0.160. The predicted molar refractivity (Wildman–Crippen MR) is 76.2 cm³/mol. The maximum atomic E-state index is 13.4. The van der Waals surface area contributed by atoms with E-state index < -0.39 is 15.8 Å². The van der Waals surface area contributed by atoms with Gasteiger partial charge in [-0.05, 0) is 35.0 Å². The molecule has 0 bridgehead atoms. The SMILES string of the molecule is Cc1c(F)cccc1NS(=O)(=O)c1cc(CN)oc1Br. The summed E-state index contributed by atoms with van der Waals surface area (Å²) >= 11 is 3.02. The van der Waals surface area contributed by atoms with Crippen LogP contribution in [0.2, 0.25) is 0 Å². The minimum Gasteiger partial charge on any atom is -0.452 e. The largest absolute Gasteiger partial charge is 0.452 e. The van der Waals surface area contributed by atoms with Gasteiger partial charge in [0.2, 0.25) is 0 Å². The van der Waals surface area contributed by atoms with Gasteiger partial charge in [0.1, 0.15) is 16.5 Å². The van der Waals surface area contributed by atoms with Gasteiger partial charge in [-0.1, -0.05) is 6.07 Å². The summed E-state index contributed by atoms with van der Waals surface area (Å²) in [6.45, 7) is 1.57. The van der Waals surface area contributed by atoms with Crippen molar-refractivity contribution < 1.29 is 17.2 Å². The number of nitrogens with one attached hydrogen (secondary N) is 1. The van der Waals surface area contributed by atoms with Crippen molar-refractivity contribution in [1.29, 1.82) is 0 Å². The maximum Gasteiger partial charge on any atom is 0.266 e. The number of anilines is 1. The molecule has 0 saturated carbocycles. The summed E-state index contributed by atoms with van der Waals surface area (Å²) in [7, 11) is -3.89. The summed E-state index contributed by atoms with van der Waals surface area (Å²) in [6.07, 6.45) is 0. The van der Waals surface area contributed by atoms with Gasteiger partial charge in [0.05, 0.1) is 12.2 Å². The van der Waals surface area contributed by atoms with Crippen LogP contribution in [0.1, 0.15) is 11.3 Å². The van der Waals surface area contributed by atoms with E-state index in [2.05, 4.69) is 20.7 Å². The number of benzene rings is 1. The number of nitrogens with two attached hydrogens (primary N) is 1. The van der Waals surface area contributed by atoms with Gasteiger partial charge < -0.3 is 10.2 Å². The molecule has 0 atom stereocenters. The molecule has 8 heteroatoms. The molecule has 2 aromatic rings. The minimum absolute atomic E-state index is 0.0551. The first-order valence-electron chi connectivity index (χ1n) is 5.61. The van der Waals surface area contributed by atoms with Gasteiger partial charge in [0.25, 0.3) is 10.0 Å². The van der Waals surface area contributed by atoms with Crippen LogP contribution >= 0.6 is 15.9 Å². The monoisotopic (exact) mass is 362 g/mol. The summed E-state index contributed by atoms with van der Waals surface area (Å²) in [5, 5.41) is 0. The van der Waals surface area contributed by atoms with Gasteiger partial charge in [-0.2, -0.15) is 0 Å². The van der Waals surface area contributed by atoms with Crippen LogP contribution in [-0.4, -0.2) is 8.42 Å². The van der Waals surface area contributed by atoms with Crippen LogP contribution in [0.4, 0.5) is 10.1 Å². The molecule has 0 aliphatic rings. The van der Waals surface area contributed by atoms with Gasteiger partial charge in [-0.15, -0.1) is 0 Å². The topological polar surface area (TPSA) is 85.3 Å². The third-order valence-electron chi connectivity index (χ3n) is 2.71. The fraction of sp³-hybridized carbons (Fsp3) is 0.167. The molecule has 1 aromatic heterocycles. The number of hydrogen-bond acceptors (Lipinski definition) is 4. The molecular weight excluding hydrogens is 351 g/mol. The van der Waals surface area contributed by atoms with Gasteiger partial charge in [-0.25, -0.2) is 12.8 Å². The van der Waals surface area contributed by atoms with Gasteiger partial charge in [0, 0.05) is 11.6 Å². The van der Waals surface area contributed by atoms with Crippen molar-refractivity contribution in [3.8, 4) is 0 Å². The Hall–Kier alpha value is -1.38. The molecular formula is C12H12BrFN2O3S. The van der Waals surface area contributed by atoms with Crippen LogP contribution in [0.15, 0.2) is 38.2 Å². The van der Waals surface area contributed by atoms with Crippen LogP contribution in [0.3, 0.4) is 0 Å². The Bertz CT molecular complexity index is 743. The molecule has 0 unspecified atom stereocenters. The molecule has 0 saturated heterocycles. The first-order chi connectivity index (χ1) is 9.35. The summed E-state index contributed by atoms with van der Waals surface area (Å²) < 4.78 is 45.4. The first kappa shape index (κ1) is 15.0. The molecule has 1 heterocycles. The molecule has 5 nitrogen and oxygen atoms in total. The fourth-order valence-corrected chi connectivity index (χ4v) is 3.72. The maximum absolute atomic E-state index is 13.4. The fourth-order valence-electron chi connectivity index (χ4n) is 1.60. The predicted octanol–water partition coefficient (Wildman–Crippen LogP) is 2.75. The van der Waals surface area contributed by atoms with E-state index >= 15 is 0 Å². The molecule has 1 aromatic carbocycles. The zero-order chi connectivity index (χ0) is 14.9. The third kappa shape index (κ3) is 2.87. The molecule has 0 aliphatic heterocycles. The van der Waals surface area contributed by atoms with E-state index in [-0.39, 0.29) is 27.4 Å². The highest BCUT2D eigenvalue weighted by Crippen LogP contribution is 2.28. The highest BCUT2D eigenvalue weighted by Gasteiger charge is 2.23. The lowest BCUT2D eigenvalue weighted by molar-refractivity contribution is 0.484. The second-order valence-corrected chi connectivity index (χ2v) is 6.44. The molecule has 0 spiro atoms. The van der Waals surface area contributed by atoms with Crippen molar-refractivity contribution in [2.24, 2.45) is 5.73 Å². The average Bonchev–Trinajstić information content (AvgIpc) is 2.77. The van der Waals surface area contributed by atoms with Gasteiger partial charge >= 0.3 is 0 Å². The third-order valence-corrected chi connectivity index (χ3v) is 4.93. The second kappa shape index (κ2) is 5.55. The lowest BCUT2D eigenvalue weighted by Crippen LogP contribution is -2.14. The Morgan fingerprint density at radius 3 is 2.75 bits per heavy atom. The van der Waals surface area contributed by atoms with E-state index in [4.69, 9.17) is 10.2 Å². The Labute approximate surface area is 124 Å². The minimum atomic E-state index is -3.89. The number of halogens is 2. The lowest BCUT2D eigenvalue weighted by Gasteiger charge is -2.09. The van der Waals surface area contributed by atoms with E-state index in [9.17, 15) is 12.8 Å². The first-order valence-corrected chi connectivity index (χ1v) is 7.89.